The Hall–Kier alpha value is -0.800. The molecule has 0 fully saturated rings. The van der Waals surface area contributed by atoms with E-state index in [4.69, 9.17) is 14.8 Å². The summed E-state index contributed by atoms with van der Waals surface area (Å²) < 4.78 is 21.9. The third-order valence-electron chi connectivity index (χ3n) is 7.67. The molecular weight excluding hydrogens is 567 g/mol. The molecule has 0 bridgehead atoms. The fourth-order valence-electron chi connectivity index (χ4n) is 5.00. The summed E-state index contributed by atoms with van der Waals surface area (Å²) in [7, 11) is -4.36. The molecule has 0 aromatic carbocycles. The van der Waals surface area contributed by atoms with E-state index in [1.165, 1.54) is 83.5 Å². The molecule has 0 saturated heterocycles. The molecule has 0 aliphatic rings. The predicted molar refractivity (Wildman–Crippen MR) is 177 cm³/mol. The molecule has 0 aliphatic carbocycles. The van der Waals surface area contributed by atoms with Gasteiger partial charge in [0, 0.05) is 6.54 Å². The zero-order chi connectivity index (χ0) is 32.0. The van der Waals surface area contributed by atoms with Crippen LogP contribution >= 0.6 is 7.82 Å². The zero-order valence-electron chi connectivity index (χ0n) is 27.6. The summed E-state index contributed by atoms with van der Waals surface area (Å²) in [6.07, 6.45) is 25.5. The highest BCUT2D eigenvalue weighted by Gasteiger charge is 2.28. The number of nitrogens with two attached hydrogens (primary N) is 1. The summed E-state index contributed by atoms with van der Waals surface area (Å²) in [5.41, 5.74) is 5.33. The molecule has 0 saturated carbocycles. The van der Waals surface area contributed by atoms with Crippen molar-refractivity contribution in [2.45, 2.75) is 173 Å². The topological polar surface area (TPSA) is 151 Å². The second-order valence-electron chi connectivity index (χ2n) is 11.9. The third kappa shape index (κ3) is 28.4. The molecule has 0 heterocycles. The Kier molecular flexibility index (Phi) is 29.3. The van der Waals surface area contributed by atoms with Crippen LogP contribution in [0.4, 0.5) is 0 Å². The van der Waals surface area contributed by atoms with Crippen molar-refractivity contribution in [3.05, 3.63) is 12.2 Å². The largest absolute Gasteiger partial charge is 0.472 e. The van der Waals surface area contributed by atoms with E-state index in [1.54, 1.807) is 0 Å². The molecule has 256 valence electrons. The van der Waals surface area contributed by atoms with Crippen molar-refractivity contribution >= 4 is 13.7 Å². The summed E-state index contributed by atoms with van der Waals surface area (Å²) in [5, 5.41) is 23.9. The lowest BCUT2D eigenvalue weighted by atomic mass is 10.0. The van der Waals surface area contributed by atoms with Crippen molar-refractivity contribution in [1.82, 2.24) is 5.32 Å². The van der Waals surface area contributed by atoms with Gasteiger partial charge in [0.1, 0.15) is 0 Å². The molecule has 0 aromatic rings. The van der Waals surface area contributed by atoms with E-state index in [1.807, 2.05) is 0 Å². The van der Waals surface area contributed by atoms with E-state index in [-0.39, 0.29) is 26.2 Å². The van der Waals surface area contributed by atoms with Gasteiger partial charge < -0.3 is 26.2 Å². The van der Waals surface area contributed by atoms with Gasteiger partial charge in [0.15, 0.2) is 0 Å². The van der Waals surface area contributed by atoms with Gasteiger partial charge in [-0.2, -0.15) is 0 Å². The second kappa shape index (κ2) is 29.9. The molecule has 1 amide bonds. The molecule has 0 aromatic heterocycles. The highest BCUT2D eigenvalue weighted by Crippen LogP contribution is 2.43. The van der Waals surface area contributed by atoms with Crippen LogP contribution in [0.2, 0.25) is 0 Å². The lowest BCUT2D eigenvalue weighted by Crippen LogP contribution is -2.47. The maximum Gasteiger partial charge on any atom is 0.472 e. The molecule has 0 radical (unpaired) electrons. The number of aliphatic hydroxyl groups is 2. The Morgan fingerprint density at radius 2 is 1.28 bits per heavy atom. The number of unbranched alkanes of at least 4 members (excludes halogenated alkanes) is 16. The molecule has 0 spiro atoms. The van der Waals surface area contributed by atoms with Crippen molar-refractivity contribution in [3.8, 4) is 0 Å². The zero-order valence-corrected chi connectivity index (χ0v) is 28.5. The summed E-state index contributed by atoms with van der Waals surface area (Å²) in [6, 6.07) is -0.898. The quantitative estimate of drug-likeness (QED) is 0.0290. The second-order valence-corrected chi connectivity index (χ2v) is 13.4. The Morgan fingerprint density at radius 1 is 0.767 bits per heavy atom. The van der Waals surface area contributed by atoms with Crippen molar-refractivity contribution in [3.63, 3.8) is 0 Å². The molecule has 9 nitrogen and oxygen atoms in total. The van der Waals surface area contributed by atoms with Crippen LogP contribution in [0.25, 0.3) is 0 Å². The van der Waals surface area contributed by atoms with Crippen molar-refractivity contribution in [2.24, 2.45) is 5.73 Å². The highest BCUT2D eigenvalue weighted by molar-refractivity contribution is 7.47. The summed E-state index contributed by atoms with van der Waals surface area (Å²) >= 11 is 0. The number of amides is 1. The van der Waals surface area contributed by atoms with E-state index in [0.717, 1.165) is 38.5 Å². The number of hydrogen-bond donors (Lipinski definition) is 5. The molecular formula is C33H67N2O7P. The highest BCUT2D eigenvalue weighted by atomic mass is 31.2. The first-order valence-corrected chi connectivity index (χ1v) is 18.9. The van der Waals surface area contributed by atoms with Crippen LogP contribution in [0.3, 0.4) is 0 Å². The number of aliphatic hydroxyl groups excluding tert-OH is 2. The number of carbonyl (C=O) groups excluding carboxylic acids is 1. The number of rotatable bonds is 32. The number of phosphoric acid groups is 1. The fraction of sp³-hybridized carbons (Fsp3) is 0.909. The fourth-order valence-corrected chi connectivity index (χ4v) is 5.76. The van der Waals surface area contributed by atoms with Crippen molar-refractivity contribution < 1.29 is 33.5 Å². The number of carbonyl (C=O) groups is 1. The summed E-state index contributed by atoms with van der Waals surface area (Å²) in [6.45, 7) is 3.97. The molecule has 4 unspecified atom stereocenters. The molecule has 0 aliphatic heterocycles. The van der Waals surface area contributed by atoms with Gasteiger partial charge in [-0.15, -0.1) is 0 Å². The predicted octanol–water partition coefficient (Wildman–Crippen LogP) is 7.46. The lowest BCUT2D eigenvalue weighted by molar-refractivity contribution is -0.125. The smallest absolute Gasteiger partial charge is 0.393 e. The summed E-state index contributed by atoms with van der Waals surface area (Å²) in [4.78, 5) is 22.5. The minimum atomic E-state index is -4.36. The molecule has 10 heteroatoms. The van der Waals surface area contributed by atoms with E-state index in [9.17, 15) is 24.5 Å². The minimum Gasteiger partial charge on any atom is -0.393 e. The normalized spacial score (nSPS) is 15.4. The number of allylic oxidation sites excluding steroid dienone is 2. The molecule has 6 N–H and O–H groups in total. The van der Waals surface area contributed by atoms with Gasteiger partial charge in [-0.25, -0.2) is 4.57 Å². The van der Waals surface area contributed by atoms with Gasteiger partial charge in [-0.05, 0) is 38.5 Å². The maximum atomic E-state index is 12.7. The molecule has 0 rings (SSSR count). The van der Waals surface area contributed by atoms with Crippen LogP contribution in [-0.2, 0) is 18.4 Å². The van der Waals surface area contributed by atoms with Gasteiger partial charge in [0.2, 0.25) is 5.91 Å². The van der Waals surface area contributed by atoms with Crippen LogP contribution in [0.15, 0.2) is 12.2 Å². The standard InChI is InChI=1S/C33H67N2O7P/c1-3-5-7-9-11-13-15-16-18-20-22-24-30(36)28-33(38)35-31(29-42-43(39,40)41-27-26-34)32(37)25-23-21-19-17-14-12-10-8-6-4-2/h16,18,30-32,36-37H,3-15,17,19-29,34H2,1-2H3,(H,35,38)(H,39,40)/b18-16-. The van der Waals surface area contributed by atoms with E-state index in [2.05, 4.69) is 31.3 Å². The maximum absolute atomic E-state index is 12.7. The lowest BCUT2D eigenvalue weighted by Gasteiger charge is -2.25. The SMILES string of the molecule is CCCCCCCC/C=C\CCCC(O)CC(=O)NC(COP(=O)(O)OCCN)C(O)CCCCCCCCCCCC. The average Bonchev–Trinajstić information content (AvgIpc) is 2.97. The molecule has 4 atom stereocenters. The van der Waals surface area contributed by atoms with Gasteiger partial charge in [-0.3, -0.25) is 13.8 Å². The number of phosphoric ester groups is 1. The van der Waals surface area contributed by atoms with E-state index < -0.39 is 32.0 Å². The minimum absolute atomic E-state index is 0.0578. The third-order valence-corrected chi connectivity index (χ3v) is 8.66. The number of hydrogen-bond acceptors (Lipinski definition) is 7. The average molecular weight is 635 g/mol. The first-order chi connectivity index (χ1) is 20.8. The first kappa shape index (κ1) is 42.2. The van der Waals surface area contributed by atoms with Crippen molar-refractivity contribution in [2.75, 3.05) is 19.8 Å². The van der Waals surface area contributed by atoms with Gasteiger partial charge in [0.25, 0.3) is 0 Å². The van der Waals surface area contributed by atoms with Gasteiger partial charge in [0.05, 0.1) is 37.9 Å². The van der Waals surface area contributed by atoms with Crippen LogP contribution < -0.4 is 11.1 Å². The van der Waals surface area contributed by atoms with Crippen LogP contribution in [0, 0.1) is 0 Å². The van der Waals surface area contributed by atoms with Gasteiger partial charge in [-0.1, -0.05) is 122 Å². The Labute approximate surface area is 263 Å². The van der Waals surface area contributed by atoms with E-state index >= 15 is 0 Å². The van der Waals surface area contributed by atoms with Crippen molar-refractivity contribution in [1.29, 1.82) is 0 Å². The van der Waals surface area contributed by atoms with E-state index in [0.29, 0.717) is 12.8 Å². The Balaban J connectivity index is 4.48. The Morgan fingerprint density at radius 3 is 1.84 bits per heavy atom. The monoisotopic (exact) mass is 634 g/mol. The molecule has 43 heavy (non-hydrogen) atoms. The number of nitrogens with one attached hydrogen (secondary N) is 1. The van der Waals surface area contributed by atoms with Gasteiger partial charge >= 0.3 is 7.82 Å². The van der Waals surface area contributed by atoms with Crippen LogP contribution in [0.5, 0.6) is 0 Å². The van der Waals surface area contributed by atoms with Crippen LogP contribution in [-0.4, -0.2) is 59.0 Å². The van der Waals surface area contributed by atoms with Crippen LogP contribution in [0.1, 0.15) is 155 Å². The first-order valence-electron chi connectivity index (χ1n) is 17.4. The Bertz CT molecular complexity index is 711. The summed E-state index contributed by atoms with van der Waals surface area (Å²) in [5.74, 6) is -0.433.